The van der Waals surface area contributed by atoms with Crippen molar-refractivity contribution in [2.45, 2.75) is 44.1 Å². The minimum Gasteiger partial charge on any atom is -0.350 e. The van der Waals surface area contributed by atoms with Crippen molar-refractivity contribution in [2.24, 2.45) is 5.73 Å². The van der Waals surface area contributed by atoms with E-state index in [1.165, 1.54) is 0 Å². The van der Waals surface area contributed by atoms with E-state index in [1.807, 2.05) is 44.2 Å². The summed E-state index contributed by atoms with van der Waals surface area (Å²) in [5, 5.41) is 3.14. The Bertz CT molecular complexity index is 421. The fourth-order valence-corrected chi connectivity index (χ4v) is 2.38. The molecule has 0 radical (unpaired) electrons. The van der Waals surface area contributed by atoms with E-state index in [-0.39, 0.29) is 16.9 Å². The molecule has 0 bridgehead atoms. The Balaban J connectivity index is 2.10. The average molecular weight is 246 g/mol. The first-order chi connectivity index (χ1) is 8.50. The second kappa shape index (κ2) is 4.73. The number of hydrogen-bond donors (Lipinski definition) is 2. The van der Waals surface area contributed by atoms with Crippen molar-refractivity contribution in [1.29, 1.82) is 0 Å². The van der Waals surface area contributed by atoms with Crippen LogP contribution in [0.2, 0.25) is 0 Å². The lowest BCUT2D eigenvalue weighted by Gasteiger charge is -2.28. The number of nitrogens with one attached hydrogen (secondary N) is 1. The summed E-state index contributed by atoms with van der Waals surface area (Å²) in [5.74, 6) is 0.146. The van der Waals surface area contributed by atoms with Crippen LogP contribution < -0.4 is 11.1 Å². The lowest BCUT2D eigenvalue weighted by molar-refractivity contribution is -0.125. The summed E-state index contributed by atoms with van der Waals surface area (Å²) >= 11 is 0. The predicted molar refractivity (Wildman–Crippen MR) is 73.2 cm³/mol. The van der Waals surface area contributed by atoms with Gasteiger partial charge in [0.2, 0.25) is 5.91 Å². The van der Waals surface area contributed by atoms with Crippen LogP contribution in [0.4, 0.5) is 0 Å². The Morgan fingerprint density at radius 2 is 1.94 bits per heavy atom. The van der Waals surface area contributed by atoms with Gasteiger partial charge < -0.3 is 11.1 Å². The molecule has 0 atom stereocenters. The molecule has 3 nitrogen and oxygen atoms in total. The van der Waals surface area contributed by atoms with Crippen LogP contribution >= 0.6 is 0 Å². The van der Waals surface area contributed by atoms with Crippen molar-refractivity contribution >= 4 is 5.91 Å². The number of benzene rings is 1. The molecule has 0 aromatic heterocycles. The standard InChI is InChI=1S/C15H22N2O/c1-14(2,10-11-16)17-13(18)15(8-9-15)12-6-4-3-5-7-12/h3-7H,8-11,16H2,1-2H3,(H,17,18). The first kappa shape index (κ1) is 13.1. The summed E-state index contributed by atoms with van der Waals surface area (Å²) in [4.78, 5) is 12.5. The largest absolute Gasteiger partial charge is 0.350 e. The monoisotopic (exact) mass is 246 g/mol. The van der Waals surface area contributed by atoms with Crippen molar-refractivity contribution in [3.05, 3.63) is 35.9 Å². The zero-order valence-electron chi connectivity index (χ0n) is 11.2. The quantitative estimate of drug-likeness (QED) is 0.834. The van der Waals surface area contributed by atoms with E-state index in [2.05, 4.69) is 5.32 Å². The lowest BCUT2D eigenvalue weighted by atomic mass is 9.92. The van der Waals surface area contributed by atoms with Crippen molar-refractivity contribution < 1.29 is 4.79 Å². The summed E-state index contributed by atoms with van der Waals surface area (Å²) in [7, 11) is 0. The van der Waals surface area contributed by atoms with E-state index < -0.39 is 0 Å². The van der Waals surface area contributed by atoms with Crippen molar-refractivity contribution in [2.75, 3.05) is 6.54 Å². The van der Waals surface area contributed by atoms with Gasteiger partial charge in [-0.1, -0.05) is 30.3 Å². The van der Waals surface area contributed by atoms with Crippen LogP contribution in [-0.2, 0) is 10.2 Å². The minimum atomic E-state index is -0.285. The van der Waals surface area contributed by atoms with Gasteiger partial charge in [0.15, 0.2) is 0 Å². The van der Waals surface area contributed by atoms with Gasteiger partial charge >= 0.3 is 0 Å². The maximum absolute atomic E-state index is 12.5. The van der Waals surface area contributed by atoms with Gasteiger partial charge in [0.1, 0.15) is 0 Å². The van der Waals surface area contributed by atoms with Gasteiger partial charge in [0.05, 0.1) is 5.41 Å². The summed E-state index contributed by atoms with van der Waals surface area (Å²) in [6.07, 6.45) is 2.69. The molecule has 3 N–H and O–H groups in total. The number of amides is 1. The molecule has 3 heteroatoms. The first-order valence-electron chi connectivity index (χ1n) is 6.58. The molecule has 0 aliphatic heterocycles. The zero-order chi connectivity index (χ0) is 13.2. The molecule has 0 spiro atoms. The first-order valence-corrected chi connectivity index (χ1v) is 6.58. The molecule has 1 amide bonds. The molecule has 1 aliphatic carbocycles. The summed E-state index contributed by atoms with van der Waals surface area (Å²) in [5.41, 5.74) is 6.19. The van der Waals surface area contributed by atoms with Crippen molar-refractivity contribution in [3.63, 3.8) is 0 Å². The van der Waals surface area contributed by atoms with Gasteiger partial charge in [0, 0.05) is 5.54 Å². The molecule has 1 saturated carbocycles. The molecule has 1 aliphatic rings. The van der Waals surface area contributed by atoms with E-state index in [0.29, 0.717) is 6.54 Å². The maximum atomic E-state index is 12.5. The second-order valence-corrected chi connectivity index (χ2v) is 5.82. The van der Waals surface area contributed by atoms with Crippen LogP contribution in [0.25, 0.3) is 0 Å². The Morgan fingerprint density at radius 1 is 1.33 bits per heavy atom. The fraction of sp³-hybridized carbons (Fsp3) is 0.533. The molecule has 0 saturated heterocycles. The van der Waals surface area contributed by atoms with Crippen LogP contribution in [0.5, 0.6) is 0 Å². The van der Waals surface area contributed by atoms with E-state index in [9.17, 15) is 4.79 Å². The van der Waals surface area contributed by atoms with Gasteiger partial charge in [-0.15, -0.1) is 0 Å². The molecule has 0 heterocycles. The molecular formula is C15H22N2O. The number of carbonyl (C=O) groups is 1. The predicted octanol–water partition coefficient (Wildman–Crippen LogP) is 1.96. The highest BCUT2D eigenvalue weighted by atomic mass is 16.2. The van der Waals surface area contributed by atoms with E-state index in [4.69, 9.17) is 5.73 Å². The van der Waals surface area contributed by atoms with Crippen LogP contribution in [0.3, 0.4) is 0 Å². The Hall–Kier alpha value is -1.35. The molecule has 0 unspecified atom stereocenters. The van der Waals surface area contributed by atoms with Crippen LogP contribution in [0.15, 0.2) is 30.3 Å². The SMILES string of the molecule is CC(C)(CCN)NC(=O)C1(c2ccccc2)CC1. The Morgan fingerprint density at radius 3 is 2.44 bits per heavy atom. The van der Waals surface area contributed by atoms with Gasteiger partial charge in [0.25, 0.3) is 0 Å². The third kappa shape index (κ3) is 2.56. The average Bonchev–Trinajstić information content (AvgIpc) is 3.10. The van der Waals surface area contributed by atoms with Crippen molar-refractivity contribution in [1.82, 2.24) is 5.32 Å². The van der Waals surface area contributed by atoms with Crippen LogP contribution in [-0.4, -0.2) is 18.0 Å². The fourth-order valence-electron chi connectivity index (χ4n) is 2.38. The highest BCUT2D eigenvalue weighted by Crippen LogP contribution is 2.48. The molecular weight excluding hydrogens is 224 g/mol. The zero-order valence-corrected chi connectivity index (χ0v) is 11.2. The molecule has 1 aromatic rings. The van der Waals surface area contributed by atoms with Gasteiger partial charge in [-0.25, -0.2) is 0 Å². The topological polar surface area (TPSA) is 55.1 Å². The molecule has 1 fully saturated rings. The molecule has 1 aromatic carbocycles. The number of rotatable bonds is 5. The Labute approximate surface area is 109 Å². The van der Waals surface area contributed by atoms with Gasteiger partial charge in [-0.2, -0.15) is 0 Å². The number of nitrogens with two attached hydrogens (primary N) is 1. The summed E-state index contributed by atoms with van der Waals surface area (Å²) in [6.45, 7) is 4.64. The van der Waals surface area contributed by atoms with Gasteiger partial charge in [-0.3, -0.25) is 4.79 Å². The maximum Gasteiger partial charge on any atom is 0.231 e. The highest BCUT2D eigenvalue weighted by Gasteiger charge is 2.51. The van der Waals surface area contributed by atoms with Gasteiger partial charge in [-0.05, 0) is 45.2 Å². The van der Waals surface area contributed by atoms with E-state index >= 15 is 0 Å². The summed E-state index contributed by atoms with van der Waals surface area (Å²) in [6, 6.07) is 10.1. The molecule has 18 heavy (non-hydrogen) atoms. The third-order valence-corrected chi connectivity index (χ3v) is 3.73. The van der Waals surface area contributed by atoms with Crippen LogP contribution in [0.1, 0.15) is 38.7 Å². The smallest absolute Gasteiger partial charge is 0.231 e. The van der Waals surface area contributed by atoms with Crippen LogP contribution in [0, 0.1) is 0 Å². The highest BCUT2D eigenvalue weighted by molar-refractivity contribution is 5.91. The second-order valence-electron chi connectivity index (χ2n) is 5.82. The summed E-state index contributed by atoms with van der Waals surface area (Å²) < 4.78 is 0. The Kier molecular flexibility index (Phi) is 3.44. The molecule has 98 valence electrons. The van der Waals surface area contributed by atoms with Crippen molar-refractivity contribution in [3.8, 4) is 0 Å². The minimum absolute atomic E-state index is 0.146. The van der Waals surface area contributed by atoms with E-state index in [1.54, 1.807) is 0 Å². The third-order valence-electron chi connectivity index (χ3n) is 3.73. The normalized spacial score (nSPS) is 17.3. The van der Waals surface area contributed by atoms with E-state index in [0.717, 1.165) is 24.8 Å². The number of carbonyl (C=O) groups excluding carboxylic acids is 1. The lowest BCUT2D eigenvalue weighted by Crippen LogP contribution is -2.48. The molecule has 2 rings (SSSR count). The number of hydrogen-bond acceptors (Lipinski definition) is 2.